The van der Waals surface area contributed by atoms with E-state index in [1.807, 2.05) is 42.5 Å². The van der Waals surface area contributed by atoms with Crippen molar-refractivity contribution in [3.63, 3.8) is 0 Å². The number of urea groups is 1. The van der Waals surface area contributed by atoms with Crippen LogP contribution >= 0.6 is 15.9 Å². The SMILES string of the molecule is O=C1NC(=O)N(c2ccccc2)[C@H]1C=Nc1ccc(Br)cc1. The van der Waals surface area contributed by atoms with Gasteiger partial charge in [-0.25, -0.2) is 4.79 Å². The van der Waals surface area contributed by atoms with Crippen LogP contribution in [0.25, 0.3) is 0 Å². The van der Waals surface area contributed by atoms with E-state index in [9.17, 15) is 9.59 Å². The topological polar surface area (TPSA) is 61.8 Å². The number of carbonyl (C=O) groups is 2. The van der Waals surface area contributed by atoms with Gasteiger partial charge in [-0.1, -0.05) is 34.1 Å². The van der Waals surface area contributed by atoms with Gasteiger partial charge in [0.1, 0.15) is 0 Å². The van der Waals surface area contributed by atoms with Gasteiger partial charge >= 0.3 is 6.03 Å². The van der Waals surface area contributed by atoms with Gasteiger partial charge in [-0.05, 0) is 36.4 Å². The number of nitrogens with one attached hydrogen (secondary N) is 1. The highest BCUT2D eigenvalue weighted by molar-refractivity contribution is 9.10. The fraction of sp³-hybridized carbons (Fsp3) is 0.0625. The summed E-state index contributed by atoms with van der Waals surface area (Å²) < 4.78 is 0.950. The van der Waals surface area contributed by atoms with Crippen molar-refractivity contribution in [3.05, 3.63) is 59.1 Å². The van der Waals surface area contributed by atoms with Gasteiger partial charge in [-0.3, -0.25) is 20.0 Å². The van der Waals surface area contributed by atoms with Crippen molar-refractivity contribution in [2.75, 3.05) is 4.90 Å². The van der Waals surface area contributed by atoms with Crippen LogP contribution in [-0.4, -0.2) is 24.2 Å². The van der Waals surface area contributed by atoms with Gasteiger partial charge in [-0.2, -0.15) is 0 Å². The van der Waals surface area contributed by atoms with E-state index in [0.717, 1.165) is 4.47 Å². The highest BCUT2D eigenvalue weighted by atomic mass is 79.9. The van der Waals surface area contributed by atoms with Gasteiger partial charge < -0.3 is 0 Å². The second kappa shape index (κ2) is 6.11. The molecule has 110 valence electrons. The molecule has 3 rings (SSSR count). The summed E-state index contributed by atoms with van der Waals surface area (Å²) in [5.41, 5.74) is 1.36. The Balaban J connectivity index is 1.88. The van der Waals surface area contributed by atoms with Gasteiger partial charge in [0.25, 0.3) is 5.91 Å². The molecule has 22 heavy (non-hydrogen) atoms. The van der Waals surface area contributed by atoms with E-state index in [4.69, 9.17) is 0 Å². The Morgan fingerprint density at radius 3 is 2.41 bits per heavy atom. The number of anilines is 1. The van der Waals surface area contributed by atoms with Gasteiger partial charge in [0, 0.05) is 16.4 Å². The summed E-state index contributed by atoms with van der Waals surface area (Å²) in [4.78, 5) is 29.6. The number of carbonyl (C=O) groups excluding carboxylic acids is 2. The van der Waals surface area contributed by atoms with Crippen LogP contribution in [0.4, 0.5) is 16.2 Å². The number of aliphatic imine (C=N–C) groups is 1. The van der Waals surface area contributed by atoms with Crippen molar-refractivity contribution >= 4 is 45.5 Å². The number of para-hydroxylation sites is 1. The molecule has 0 aliphatic carbocycles. The molecule has 0 aromatic heterocycles. The molecule has 5 nitrogen and oxygen atoms in total. The van der Waals surface area contributed by atoms with Crippen LogP contribution in [0.5, 0.6) is 0 Å². The number of hydrogen-bond donors (Lipinski definition) is 1. The highest BCUT2D eigenvalue weighted by Gasteiger charge is 2.38. The van der Waals surface area contributed by atoms with E-state index in [2.05, 4.69) is 26.2 Å². The van der Waals surface area contributed by atoms with Crippen molar-refractivity contribution in [1.82, 2.24) is 5.32 Å². The Morgan fingerprint density at radius 2 is 1.73 bits per heavy atom. The number of imide groups is 1. The molecule has 2 aromatic carbocycles. The van der Waals surface area contributed by atoms with E-state index in [1.54, 1.807) is 12.1 Å². The molecule has 0 spiro atoms. The lowest BCUT2D eigenvalue weighted by molar-refractivity contribution is -0.118. The lowest BCUT2D eigenvalue weighted by Crippen LogP contribution is -2.36. The third kappa shape index (κ3) is 2.92. The first-order valence-electron chi connectivity index (χ1n) is 6.64. The van der Waals surface area contributed by atoms with Crippen molar-refractivity contribution in [1.29, 1.82) is 0 Å². The minimum Gasteiger partial charge on any atom is -0.277 e. The predicted octanol–water partition coefficient (Wildman–Crippen LogP) is 3.28. The van der Waals surface area contributed by atoms with Crippen LogP contribution in [0.3, 0.4) is 0 Å². The smallest absolute Gasteiger partial charge is 0.277 e. The third-order valence-corrected chi connectivity index (χ3v) is 3.75. The molecular weight excluding hydrogens is 346 g/mol. The maximum atomic E-state index is 12.0. The second-order valence-corrected chi connectivity index (χ2v) is 5.62. The Morgan fingerprint density at radius 1 is 1.05 bits per heavy atom. The first kappa shape index (κ1) is 14.5. The summed E-state index contributed by atoms with van der Waals surface area (Å²) in [6.07, 6.45) is 1.48. The van der Waals surface area contributed by atoms with Crippen molar-refractivity contribution < 1.29 is 9.59 Å². The average molecular weight is 358 g/mol. The summed E-state index contributed by atoms with van der Waals surface area (Å²) in [6, 6.07) is 15.2. The van der Waals surface area contributed by atoms with Crippen LogP contribution in [0.1, 0.15) is 0 Å². The highest BCUT2D eigenvalue weighted by Crippen LogP contribution is 2.21. The molecule has 1 fully saturated rings. The van der Waals surface area contributed by atoms with Crippen LogP contribution in [0.2, 0.25) is 0 Å². The summed E-state index contributed by atoms with van der Waals surface area (Å²) in [5.74, 6) is -0.380. The molecule has 0 saturated carbocycles. The number of halogens is 1. The first-order valence-corrected chi connectivity index (χ1v) is 7.43. The summed E-state index contributed by atoms with van der Waals surface area (Å²) in [7, 11) is 0. The minimum atomic E-state index is -0.751. The quantitative estimate of drug-likeness (QED) is 0.676. The molecule has 1 heterocycles. The van der Waals surface area contributed by atoms with Crippen LogP contribution in [0.15, 0.2) is 64.1 Å². The lowest BCUT2D eigenvalue weighted by Gasteiger charge is -2.18. The standard InChI is InChI=1S/C16H12BrN3O2/c17-11-6-8-12(9-7-11)18-10-14-15(21)19-16(22)20(14)13-4-2-1-3-5-13/h1-10,14H,(H,19,21,22)/t14-/m0/s1. The van der Waals surface area contributed by atoms with E-state index in [1.165, 1.54) is 11.1 Å². The molecule has 1 atom stereocenters. The predicted molar refractivity (Wildman–Crippen MR) is 88.5 cm³/mol. The van der Waals surface area contributed by atoms with E-state index in [0.29, 0.717) is 11.4 Å². The summed E-state index contributed by atoms with van der Waals surface area (Å²) in [6.45, 7) is 0. The Hall–Kier alpha value is -2.47. The van der Waals surface area contributed by atoms with E-state index >= 15 is 0 Å². The van der Waals surface area contributed by atoms with Crippen LogP contribution in [-0.2, 0) is 4.79 Å². The monoisotopic (exact) mass is 357 g/mol. The fourth-order valence-electron chi connectivity index (χ4n) is 2.17. The average Bonchev–Trinajstić information content (AvgIpc) is 2.81. The number of nitrogens with zero attached hydrogens (tertiary/aromatic N) is 2. The largest absolute Gasteiger partial charge is 0.329 e. The molecule has 2 aromatic rings. The van der Waals surface area contributed by atoms with Crippen LogP contribution in [0, 0.1) is 0 Å². The van der Waals surface area contributed by atoms with Crippen molar-refractivity contribution in [2.24, 2.45) is 4.99 Å². The molecule has 0 radical (unpaired) electrons. The number of hydrogen-bond acceptors (Lipinski definition) is 3. The fourth-order valence-corrected chi connectivity index (χ4v) is 2.43. The zero-order valence-corrected chi connectivity index (χ0v) is 13.0. The Kier molecular flexibility index (Phi) is 4.02. The zero-order chi connectivity index (χ0) is 15.5. The molecule has 3 amide bonds. The molecule has 0 unspecified atom stereocenters. The molecule has 1 aliphatic rings. The molecule has 1 saturated heterocycles. The summed E-state index contributed by atoms with van der Waals surface area (Å²) >= 11 is 3.35. The van der Waals surface area contributed by atoms with Gasteiger partial charge in [-0.15, -0.1) is 0 Å². The maximum absolute atomic E-state index is 12.0. The molecule has 1 N–H and O–H groups in total. The molecule has 6 heteroatoms. The third-order valence-electron chi connectivity index (χ3n) is 3.22. The second-order valence-electron chi connectivity index (χ2n) is 4.70. The molecule has 0 bridgehead atoms. The van der Waals surface area contributed by atoms with Crippen molar-refractivity contribution in [3.8, 4) is 0 Å². The van der Waals surface area contributed by atoms with E-state index < -0.39 is 12.1 Å². The van der Waals surface area contributed by atoms with Gasteiger partial charge in [0.05, 0.1) is 5.69 Å². The number of benzene rings is 2. The maximum Gasteiger partial charge on any atom is 0.329 e. The van der Waals surface area contributed by atoms with Crippen LogP contribution < -0.4 is 10.2 Å². The number of rotatable bonds is 3. The minimum absolute atomic E-state index is 0.380. The molecule has 1 aliphatic heterocycles. The Bertz CT molecular complexity index is 729. The normalized spacial score (nSPS) is 18.0. The number of amides is 3. The van der Waals surface area contributed by atoms with Crippen molar-refractivity contribution in [2.45, 2.75) is 6.04 Å². The Labute approximate surface area is 135 Å². The van der Waals surface area contributed by atoms with E-state index in [-0.39, 0.29) is 5.91 Å². The first-order chi connectivity index (χ1) is 10.6. The summed E-state index contributed by atoms with van der Waals surface area (Å²) in [5, 5.41) is 2.31. The van der Waals surface area contributed by atoms with Gasteiger partial charge in [0.2, 0.25) is 0 Å². The lowest BCUT2D eigenvalue weighted by atomic mass is 10.2. The molecular formula is C16H12BrN3O2. The zero-order valence-electron chi connectivity index (χ0n) is 11.4. The van der Waals surface area contributed by atoms with Gasteiger partial charge in [0.15, 0.2) is 6.04 Å².